The van der Waals surface area contributed by atoms with Gasteiger partial charge >= 0.3 is 0 Å². The first-order chi connectivity index (χ1) is 43.5. The Kier molecular flexibility index (Phi) is 70.9. The molecule has 0 rings (SSSR count). The highest BCUT2D eigenvalue weighted by Crippen LogP contribution is 2.38. The van der Waals surface area contributed by atoms with Crippen molar-refractivity contribution in [3.63, 3.8) is 0 Å². The molecule has 0 saturated heterocycles. The molecule has 3 atom stereocenters. The molecule has 0 aromatic carbocycles. The minimum Gasteiger partial charge on any atom is -0.756 e. The van der Waals surface area contributed by atoms with Crippen molar-refractivity contribution < 1.29 is 32.9 Å². The van der Waals surface area contributed by atoms with Crippen molar-refractivity contribution in [1.82, 2.24) is 5.32 Å². The molecule has 0 fully saturated rings. The summed E-state index contributed by atoms with van der Waals surface area (Å²) in [5.41, 5.74) is 0. The van der Waals surface area contributed by atoms with Gasteiger partial charge in [-0.2, -0.15) is 0 Å². The standard InChI is InChI=1S/C80H161N2O6P/c1-6-8-10-12-14-16-18-20-22-24-26-28-30-32-34-36-38-39-40-41-42-43-44-46-48-50-52-54-56-58-60-62-64-66-68-70-72-74-80(84)81-78(77-88-89(85,86)87-76-75-82(3,4)5)79(83)73-71-69-67-65-63-61-59-57-55-53-51-49-47-45-37-35-33-31-29-27-25-23-21-19-17-15-13-11-9-7-2/h71,73,78-79,83H,6-70,72,74-77H2,1-5H3,(H-,81,84,85,86)/b73-71+. The maximum Gasteiger partial charge on any atom is 0.268 e. The number of hydrogen-bond donors (Lipinski definition) is 2. The molecule has 0 aliphatic heterocycles. The van der Waals surface area contributed by atoms with E-state index in [1.54, 1.807) is 6.08 Å². The van der Waals surface area contributed by atoms with Crippen molar-refractivity contribution in [2.45, 2.75) is 456 Å². The third-order valence-electron chi connectivity index (χ3n) is 19.2. The smallest absolute Gasteiger partial charge is 0.268 e. The number of carbonyl (C=O) groups is 1. The number of hydrogen-bond acceptors (Lipinski definition) is 6. The number of amides is 1. The molecule has 8 nitrogen and oxygen atoms in total. The number of aliphatic hydroxyl groups is 1. The zero-order chi connectivity index (χ0) is 64.8. The molecule has 89 heavy (non-hydrogen) atoms. The number of carbonyl (C=O) groups excluding carboxylic acids is 1. The molecule has 0 bridgehead atoms. The van der Waals surface area contributed by atoms with E-state index in [1.165, 1.54) is 385 Å². The van der Waals surface area contributed by atoms with E-state index in [0.717, 1.165) is 38.5 Å². The zero-order valence-electron chi connectivity index (χ0n) is 61.2. The summed E-state index contributed by atoms with van der Waals surface area (Å²) in [6, 6.07) is -0.885. The van der Waals surface area contributed by atoms with E-state index < -0.39 is 20.0 Å². The molecular weight excluding hydrogens is 1120 g/mol. The lowest BCUT2D eigenvalue weighted by molar-refractivity contribution is -0.870. The van der Waals surface area contributed by atoms with Gasteiger partial charge in [-0.1, -0.05) is 431 Å². The van der Waals surface area contributed by atoms with Crippen molar-refractivity contribution in [1.29, 1.82) is 0 Å². The zero-order valence-corrected chi connectivity index (χ0v) is 62.1. The second kappa shape index (κ2) is 71.5. The molecule has 1 amide bonds. The largest absolute Gasteiger partial charge is 0.756 e. The molecule has 0 aromatic heterocycles. The average molecular weight is 1280 g/mol. The van der Waals surface area contributed by atoms with Crippen LogP contribution in [0.15, 0.2) is 12.2 Å². The number of phosphoric ester groups is 1. The van der Waals surface area contributed by atoms with Crippen LogP contribution in [0.4, 0.5) is 0 Å². The van der Waals surface area contributed by atoms with Crippen LogP contribution < -0.4 is 10.2 Å². The third-order valence-corrected chi connectivity index (χ3v) is 20.2. The summed E-state index contributed by atoms with van der Waals surface area (Å²) in [6.07, 6.45) is 93.9. The van der Waals surface area contributed by atoms with Crippen molar-refractivity contribution in [2.24, 2.45) is 0 Å². The number of unbranched alkanes of at least 4 members (excludes halogenated alkanes) is 64. The highest BCUT2D eigenvalue weighted by Gasteiger charge is 2.23. The van der Waals surface area contributed by atoms with Gasteiger partial charge in [-0.25, -0.2) is 0 Å². The Bertz CT molecular complexity index is 1460. The first-order valence-corrected chi connectivity index (χ1v) is 42.0. The summed E-state index contributed by atoms with van der Waals surface area (Å²) in [5, 5.41) is 14.0. The van der Waals surface area contributed by atoms with Crippen LogP contribution in [0.5, 0.6) is 0 Å². The molecule has 0 aliphatic carbocycles. The maximum atomic E-state index is 13.1. The quantitative estimate of drug-likeness (QED) is 0.0272. The fourth-order valence-electron chi connectivity index (χ4n) is 13.0. The Balaban J connectivity index is 3.91. The fourth-order valence-corrected chi connectivity index (χ4v) is 13.7. The van der Waals surface area contributed by atoms with Crippen LogP contribution in [0.3, 0.4) is 0 Å². The molecule has 0 saturated carbocycles. The molecule has 0 aromatic rings. The normalized spacial score (nSPS) is 13.5. The Morgan fingerprint density at radius 2 is 0.607 bits per heavy atom. The maximum absolute atomic E-state index is 13.1. The van der Waals surface area contributed by atoms with Gasteiger partial charge in [0.25, 0.3) is 7.82 Å². The molecule has 532 valence electrons. The first kappa shape index (κ1) is 88.2. The lowest BCUT2D eigenvalue weighted by Gasteiger charge is -2.29. The molecule has 9 heteroatoms. The lowest BCUT2D eigenvalue weighted by Crippen LogP contribution is -2.45. The number of nitrogens with one attached hydrogen (secondary N) is 1. The number of aliphatic hydroxyl groups excluding tert-OH is 1. The van der Waals surface area contributed by atoms with E-state index in [1.807, 2.05) is 27.2 Å². The van der Waals surface area contributed by atoms with Gasteiger partial charge in [-0.15, -0.1) is 0 Å². The highest BCUT2D eigenvalue weighted by atomic mass is 31.2. The van der Waals surface area contributed by atoms with Gasteiger partial charge in [-0.05, 0) is 19.3 Å². The summed E-state index contributed by atoms with van der Waals surface area (Å²) in [5.74, 6) is -0.185. The average Bonchev–Trinajstić information content (AvgIpc) is 3.68. The van der Waals surface area contributed by atoms with Crippen molar-refractivity contribution in [2.75, 3.05) is 40.9 Å². The lowest BCUT2D eigenvalue weighted by atomic mass is 10.0. The summed E-state index contributed by atoms with van der Waals surface area (Å²) in [7, 11) is 1.29. The van der Waals surface area contributed by atoms with E-state index in [-0.39, 0.29) is 19.1 Å². The Morgan fingerprint density at radius 1 is 0.382 bits per heavy atom. The van der Waals surface area contributed by atoms with Crippen LogP contribution in [-0.2, 0) is 18.4 Å². The fraction of sp³-hybridized carbons (Fsp3) is 0.963. The topological polar surface area (TPSA) is 108 Å². The second-order valence-electron chi connectivity index (χ2n) is 29.5. The minimum absolute atomic E-state index is 0.00318. The van der Waals surface area contributed by atoms with Gasteiger partial charge in [0.1, 0.15) is 13.2 Å². The summed E-state index contributed by atoms with van der Waals surface area (Å²) < 4.78 is 23.5. The van der Waals surface area contributed by atoms with Gasteiger partial charge in [-0.3, -0.25) is 9.36 Å². The number of likely N-dealkylation sites (N-methyl/N-ethyl adjacent to an activating group) is 1. The molecule has 0 aliphatic rings. The first-order valence-electron chi connectivity index (χ1n) is 40.6. The van der Waals surface area contributed by atoms with E-state index >= 15 is 0 Å². The molecule has 0 radical (unpaired) electrons. The Hall–Kier alpha value is -0.760. The van der Waals surface area contributed by atoms with Crippen molar-refractivity contribution in [3.05, 3.63) is 12.2 Å². The van der Waals surface area contributed by atoms with Crippen LogP contribution >= 0.6 is 7.82 Å². The van der Waals surface area contributed by atoms with E-state index in [0.29, 0.717) is 17.4 Å². The number of nitrogens with zero attached hydrogens (tertiary/aromatic N) is 1. The van der Waals surface area contributed by atoms with Gasteiger partial charge in [0, 0.05) is 6.42 Å². The minimum atomic E-state index is -4.60. The van der Waals surface area contributed by atoms with Gasteiger partial charge in [0.05, 0.1) is 39.9 Å². The summed E-state index contributed by atoms with van der Waals surface area (Å²) >= 11 is 0. The number of phosphoric acid groups is 1. The van der Waals surface area contributed by atoms with Crippen molar-refractivity contribution in [3.8, 4) is 0 Å². The van der Waals surface area contributed by atoms with Crippen LogP contribution in [0.25, 0.3) is 0 Å². The van der Waals surface area contributed by atoms with Gasteiger partial charge in [0.15, 0.2) is 0 Å². The molecule has 2 N–H and O–H groups in total. The SMILES string of the molecule is CCCCCCCCCCCCCCCCCCCCCCCCCCCCCC/C=C/C(O)C(COP(=O)([O-])OCC[N+](C)(C)C)NC(=O)CCCCCCCCCCCCCCCCCCCCCCCCCCCCCCCCCCCCCCC. The molecule has 3 unspecified atom stereocenters. The van der Waals surface area contributed by atoms with Crippen LogP contribution in [0.2, 0.25) is 0 Å². The van der Waals surface area contributed by atoms with Crippen LogP contribution in [0, 0.1) is 0 Å². The molecule has 0 heterocycles. The predicted octanol–water partition coefficient (Wildman–Crippen LogP) is 25.8. The third kappa shape index (κ3) is 74.5. The molecule has 0 spiro atoms. The van der Waals surface area contributed by atoms with Crippen LogP contribution in [0.1, 0.15) is 444 Å². The van der Waals surface area contributed by atoms with Crippen LogP contribution in [-0.4, -0.2) is 68.5 Å². The monoisotopic (exact) mass is 1280 g/mol. The Labute approximate surface area is 558 Å². The number of rotatable bonds is 77. The van der Waals surface area contributed by atoms with E-state index in [9.17, 15) is 19.4 Å². The number of quaternary nitrogens is 1. The molecular formula is C80H161N2O6P. The summed E-state index contributed by atoms with van der Waals surface area (Å²) in [4.78, 5) is 25.7. The number of allylic oxidation sites excluding steroid dienone is 1. The van der Waals surface area contributed by atoms with E-state index in [4.69, 9.17) is 9.05 Å². The van der Waals surface area contributed by atoms with Crippen molar-refractivity contribution >= 4 is 13.7 Å². The predicted molar refractivity (Wildman–Crippen MR) is 390 cm³/mol. The second-order valence-corrected chi connectivity index (χ2v) is 30.9. The summed E-state index contributed by atoms with van der Waals surface area (Å²) in [6.45, 7) is 4.74. The van der Waals surface area contributed by atoms with Gasteiger partial charge in [0.2, 0.25) is 5.91 Å². The Morgan fingerprint density at radius 3 is 0.843 bits per heavy atom. The highest BCUT2D eigenvalue weighted by molar-refractivity contribution is 7.45. The van der Waals surface area contributed by atoms with E-state index in [2.05, 4.69) is 19.2 Å². The van der Waals surface area contributed by atoms with Gasteiger partial charge < -0.3 is 28.8 Å².